The van der Waals surface area contributed by atoms with Crippen molar-refractivity contribution in [1.82, 2.24) is 9.97 Å². The third kappa shape index (κ3) is 6.62. The highest BCUT2D eigenvalue weighted by atomic mass is 79.9. The van der Waals surface area contributed by atoms with Crippen LogP contribution in [0.25, 0.3) is 0 Å². The molecule has 7 nitrogen and oxygen atoms in total. The number of rotatable bonds is 7. The van der Waals surface area contributed by atoms with E-state index in [1.54, 1.807) is 6.07 Å². The van der Waals surface area contributed by atoms with Gasteiger partial charge in [-0.1, -0.05) is 44.0 Å². The molecule has 11 heteroatoms. The predicted molar refractivity (Wildman–Crippen MR) is 143 cm³/mol. The first-order chi connectivity index (χ1) is 15.9. The van der Waals surface area contributed by atoms with Crippen LogP contribution in [-0.4, -0.2) is 37.5 Å². The zero-order valence-corrected chi connectivity index (χ0v) is 24.1. The van der Waals surface area contributed by atoms with Gasteiger partial charge in [-0.25, -0.2) is 4.98 Å². The summed E-state index contributed by atoms with van der Waals surface area (Å²) in [7, 11) is -1.93. The highest BCUT2D eigenvalue weighted by Crippen LogP contribution is 2.39. The van der Waals surface area contributed by atoms with Crippen LogP contribution in [0.15, 0.2) is 22.8 Å². The van der Waals surface area contributed by atoms with Crippen molar-refractivity contribution in [2.75, 3.05) is 23.8 Å². The van der Waals surface area contributed by atoms with E-state index >= 15 is 0 Å². The van der Waals surface area contributed by atoms with Crippen molar-refractivity contribution in [2.24, 2.45) is 5.92 Å². The first kappa shape index (κ1) is 27.2. The van der Waals surface area contributed by atoms with Crippen LogP contribution in [0.5, 0.6) is 0 Å². The van der Waals surface area contributed by atoms with Gasteiger partial charge in [0.1, 0.15) is 5.02 Å². The molecule has 1 aromatic heterocycles. The fraction of sp³-hybridized carbons (Fsp3) is 0.522. The molecule has 184 valence electrons. The van der Waals surface area contributed by atoms with Crippen molar-refractivity contribution in [3.05, 3.63) is 38.4 Å². The van der Waals surface area contributed by atoms with Gasteiger partial charge < -0.3 is 19.8 Å². The zero-order chi connectivity index (χ0) is 25.1. The van der Waals surface area contributed by atoms with E-state index in [-0.39, 0.29) is 17.0 Å². The van der Waals surface area contributed by atoms with Gasteiger partial charge >= 0.3 is 0 Å². The summed E-state index contributed by atoms with van der Waals surface area (Å²) in [5, 5.41) is 16.9. The Balaban J connectivity index is 1.79. The van der Waals surface area contributed by atoms with E-state index in [4.69, 9.17) is 32.4 Å². The molecule has 0 radical (unpaired) electrons. The summed E-state index contributed by atoms with van der Waals surface area (Å²) in [5.74, 6) is 0.622. The molecule has 34 heavy (non-hydrogen) atoms. The monoisotopic (exact) mass is 585 g/mol. The van der Waals surface area contributed by atoms with Gasteiger partial charge in [-0.2, -0.15) is 10.2 Å². The van der Waals surface area contributed by atoms with Crippen LogP contribution in [0.4, 0.5) is 17.5 Å². The SMILES string of the molecule is CC(C)(C)[Si](C)(C)OCc1cc(Nc2ncc(Cl)c(NC3COCCC3C#N)n2)cc(Cl)c1Br. The number of halogens is 3. The first-order valence-electron chi connectivity index (χ1n) is 11.1. The molecule has 1 aliphatic heterocycles. The summed E-state index contributed by atoms with van der Waals surface area (Å²) in [6, 6.07) is 5.90. The van der Waals surface area contributed by atoms with E-state index in [1.165, 1.54) is 6.20 Å². The van der Waals surface area contributed by atoms with Gasteiger partial charge in [-0.05, 0) is 58.2 Å². The van der Waals surface area contributed by atoms with E-state index in [2.05, 4.69) is 76.5 Å². The molecule has 1 saturated heterocycles. The average Bonchev–Trinajstić information content (AvgIpc) is 2.77. The Kier molecular flexibility index (Phi) is 8.88. The second-order valence-electron chi connectivity index (χ2n) is 9.85. The fourth-order valence-corrected chi connectivity index (χ4v) is 4.84. The van der Waals surface area contributed by atoms with E-state index in [0.717, 1.165) is 15.7 Å². The second kappa shape index (κ2) is 11.1. The van der Waals surface area contributed by atoms with Crippen molar-refractivity contribution in [3.63, 3.8) is 0 Å². The third-order valence-electron chi connectivity index (χ3n) is 6.34. The smallest absolute Gasteiger partial charge is 0.229 e. The van der Waals surface area contributed by atoms with Gasteiger partial charge in [0.25, 0.3) is 0 Å². The molecule has 0 amide bonds. The lowest BCUT2D eigenvalue weighted by Crippen LogP contribution is -2.40. The van der Waals surface area contributed by atoms with Crippen LogP contribution in [0.2, 0.25) is 28.2 Å². The summed E-state index contributed by atoms with van der Waals surface area (Å²) < 4.78 is 12.7. The number of nitriles is 1. The Bertz CT molecular complexity index is 1070. The van der Waals surface area contributed by atoms with Crippen LogP contribution in [0, 0.1) is 17.2 Å². The molecular weight excluding hydrogens is 557 g/mol. The Labute approximate surface area is 220 Å². The summed E-state index contributed by atoms with van der Waals surface area (Å²) in [4.78, 5) is 8.82. The topological polar surface area (TPSA) is 92.1 Å². The Hall–Kier alpha value is -1.41. The lowest BCUT2D eigenvalue weighted by molar-refractivity contribution is 0.0698. The van der Waals surface area contributed by atoms with Gasteiger partial charge in [0, 0.05) is 16.8 Å². The normalized spacial score (nSPS) is 18.9. The maximum atomic E-state index is 9.42. The maximum absolute atomic E-state index is 9.42. The van der Waals surface area contributed by atoms with Crippen LogP contribution in [0.3, 0.4) is 0 Å². The van der Waals surface area contributed by atoms with E-state index < -0.39 is 8.32 Å². The van der Waals surface area contributed by atoms with Crippen LogP contribution < -0.4 is 10.6 Å². The molecule has 2 unspecified atom stereocenters. The lowest BCUT2D eigenvalue weighted by Gasteiger charge is -2.36. The number of ether oxygens (including phenoxy) is 1. The standard InChI is InChI=1S/C23H30BrCl2N5O2Si/c1-23(2,3)34(4,5)33-12-15-8-16(9-17(25)20(15)24)29-22-28-11-18(26)21(31-22)30-19-13-32-7-6-14(19)10-27/h8-9,11,14,19H,6-7,12-13H2,1-5H3,(H2,28,29,30,31). The number of anilines is 3. The number of aromatic nitrogens is 2. The zero-order valence-electron chi connectivity index (χ0n) is 20.0. The van der Waals surface area contributed by atoms with Gasteiger partial charge in [0.2, 0.25) is 5.95 Å². The molecule has 1 aromatic carbocycles. The van der Waals surface area contributed by atoms with Gasteiger partial charge in [-0.3, -0.25) is 0 Å². The van der Waals surface area contributed by atoms with Crippen LogP contribution >= 0.6 is 39.1 Å². The molecule has 1 aliphatic rings. The number of nitrogens with zero attached hydrogens (tertiary/aromatic N) is 3. The summed E-state index contributed by atoms with van der Waals surface area (Å²) in [5.41, 5.74) is 1.66. The Morgan fingerprint density at radius 2 is 2.03 bits per heavy atom. The van der Waals surface area contributed by atoms with E-state index in [1.807, 2.05) is 6.07 Å². The number of benzene rings is 1. The maximum Gasteiger partial charge on any atom is 0.229 e. The van der Waals surface area contributed by atoms with Crippen molar-refractivity contribution in [2.45, 2.75) is 58.0 Å². The molecule has 2 atom stereocenters. The molecule has 2 N–H and O–H groups in total. The summed E-state index contributed by atoms with van der Waals surface area (Å²) >= 11 is 16.4. The predicted octanol–water partition coefficient (Wildman–Crippen LogP) is 7.15. The molecule has 3 rings (SSSR count). The highest BCUT2D eigenvalue weighted by Gasteiger charge is 2.37. The highest BCUT2D eigenvalue weighted by molar-refractivity contribution is 9.10. The minimum atomic E-state index is -1.93. The second-order valence-corrected chi connectivity index (χ2v) is 16.3. The van der Waals surface area contributed by atoms with E-state index in [9.17, 15) is 5.26 Å². The molecule has 0 bridgehead atoms. The lowest BCUT2D eigenvalue weighted by atomic mass is 9.96. The van der Waals surface area contributed by atoms with Crippen molar-refractivity contribution in [1.29, 1.82) is 5.26 Å². The third-order valence-corrected chi connectivity index (χ3v) is 12.6. The van der Waals surface area contributed by atoms with Crippen LogP contribution in [-0.2, 0) is 15.8 Å². The molecular formula is C23H30BrCl2N5O2Si. The largest absolute Gasteiger partial charge is 0.413 e. The molecule has 0 saturated carbocycles. The minimum absolute atomic E-state index is 0.105. The first-order valence-corrected chi connectivity index (χ1v) is 15.5. The van der Waals surface area contributed by atoms with Crippen molar-refractivity contribution >= 4 is 64.9 Å². The van der Waals surface area contributed by atoms with Gasteiger partial charge in [0.15, 0.2) is 14.1 Å². The Morgan fingerprint density at radius 3 is 2.71 bits per heavy atom. The average molecular weight is 587 g/mol. The van der Waals surface area contributed by atoms with Gasteiger partial charge in [0.05, 0.1) is 42.5 Å². The Morgan fingerprint density at radius 1 is 1.29 bits per heavy atom. The number of nitrogens with one attached hydrogen (secondary N) is 2. The van der Waals surface area contributed by atoms with Gasteiger partial charge in [-0.15, -0.1) is 0 Å². The summed E-state index contributed by atoms with van der Waals surface area (Å²) in [6.45, 7) is 12.5. The molecule has 2 heterocycles. The van der Waals surface area contributed by atoms with Crippen molar-refractivity contribution in [3.8, 4) is 6.07 Å². The number of hydrogen-bond acceptors (Lipinski definition) is 7. The summed E-state index contributed by atoms with van der Waals surface area (Å²) in [6.07, 6.45) is 2.19. The number of hydrogen-bond donors (Lipinski definition) is 2. The molecule has 0 spiro atoms. The fourth-order valence-electron chi connectivity index (χ4n) is 3.17. The van der Waals surface area contributed by atoms with E-state index in [0.29, 0.717) is 48.1 Å². The molecule has 2 aromatic rings. The molecule has 1 fully saturated rings. The van der Waals surface area contributed by atoms with Crippen molar-refractivity contribution < 1.29 is 9.16 Å². The van der Waals surface area contributed by atoms with Crippen LogP contribution in [0.1, 0.15) is 32.8 Å². The molecule has 0 aliphatic carbocycles. The minimum Gasteiger partial charge on any atom is -0.413 e. The quantitative estimate of drug-likeness (QED) is 0.333.